The lowest BCUT2D eigenvalue weighted by Crippen LogP contribution is -2.12. The Hall–Kier alpha value is -1.33. The van der Waals surface area contributed by atoms with E-state index in [1.54, 1.807) is 12.1 Å². The number of para-hydroxylation sites is 1. The van der Waals surface area contributed by atoms with Gasteiger partial charge in [0.25, 0.3) is 0 Å². The maximum absolute atomic E-state index is 10.9. The van der Waals surface area contributed by atoms with Crippen LogP contribution in [-0.4, -0.2) is 24.6 Å². The molecule has 1 saturated heterocycles. The SMILES string of the molecule is O=[N+]([O-])c1c(Cl)cccc1OCCC1CCNC1. The molecule has 0 aliphatic carbocycles. The highest BCUT2D eigenvalue weighted by molar-refractivity contribution is 6.32. The molecule has 5 nitrogen and oxygen atoms in total. The van der Waals surface area contributed by atoms with E-state index < -0.39 is 4.92 Å². The Labute approximate surface area is 110 Å². The summed E-state index contributed by atoms with van der Waals surface area (Å²) in [5.74, 6) is 0.849. The summed E-state index contributed by atoms with van der Waals surface area (Å²) in [6, 6.07) is 4.73. The number of nitro benzene ring substituents is 1. The van der Waals surface area contributed by atoms with E-state index in [9.17, 15) is 10.1 Å². The van der Waals surface area contributed by atoms with Crippen molar-refractivity contribution in [1.29, 1.82) is 0 Å². The fourth-order valence-electron chi connectivity index (χ4n) is 2.09. The van der Waals surface area contributed by atoms with E-state index in [1.807, 2.05) is 0 Å². The van der Waals surface area contributed by atoms with Crippen LogP contribution in [0.2, 0.25) is 5.02 Å². The molecule has 0 spiro atoms. The Morgan fingerprint density at radius 2 is 2.39 bits per heavy atom. The molecule has 2 rings (SSSR count). The summed E-state index contributed by atoms with van der Waals surface area (Å²) in [5.41, 5.74) is -0.149. The Bertz CT molecular complexity index is 433. The normalized spacial score (nSPS) is 18.8. The minimum Gasteiger partial charge on any atom is -0.487 e. The third kappa shape index (κ3) is 3.11. The second-order valence-electron chi connectivity index (χ2n) is 4.34. The molecule has 1 atom stereocenters. The lowest BCUT2D eigenvalue weighted by Gasteiger charge is -2.10. The molecule has 0 radical (unpaired) electrons. The standard InChI is InChI=1S/C12H15ClN2O3/c13-10-2-1-3-11(12(10)15(16)17)18-7-5-9-4-6-14-8-9/h1-3,9,14H,4-8H2. The zero-order valence-electron chi connectivity index (χ0n) is 9.89. The molecule has 1 aliphatic heterocycles. The van der Waals surface area contributed by atoms with Crippen LogP contribution in [0.4, 0.5) is 5.69 Å². The largest absolute Gasteiger partial charge is 0.487 e. The molecule has 0 bridgehead atoms. The minimum absolute atomic E-state index is 0.111. The number of hydrogen-bond donors (Lipinski definition) is 1. The molecule has 0 amide bonds. The smallest absolute Gasteiger partial charge is 0.329 e. The highest BCUT2D eigenvalue weighted by atomic mass is 35.5. The summed E-state index contributed by atoms with van der Waals surface area (Å²) >= 11 is 5.80. The van der Waals surface area contributed by atoms with Crippen LogP contribution in [0.15, 0.2) is 18.2 Å². The van der Waals surface area contributed by atoms with Gasteiger partial charge in [-0.15, -0.1) is 0 Å². The molecule has 18 heavy (non-hydrogen) atoms. The molecular weight excluding hydrogens is 256 g/mol. The molecular formula is C12H15ClN2O3. The molecule has 1 aliphatic rings. The van der Waals surface area contributed by atoms with Crippen LogP contribution in [0.3, 0.4) is 0 Å². The third-order valence-corrected chi connectivity index (χ3v) is 3.38. The average Bonchev–Trinajstić information content (AvgIpc) is 2.81. The molecule has 0 saturated carbocycles. The number of nitrogens with zero attached hydrogens (tertiary/aromatic N) is 1. The van der Waals surface area contributed by atoms with E-state index in [2.05, 4.69) is 5.32 Å². The lowest BCUT2D eigenvalue weighted by molar-refractivity contribution is -0.385. The van der Waals surface area contributed by atoms with Crippen molar-refractivity contribution in [2.45, 2.75) is 12.8 Å². The van der Waals surface area contributed by atoms with E-state index in [4.69, 9.17) is 16.3 Å². The Morgan fingerprint density at radius 1 is 1.56 bits per heavy atom. The maximum atomic E-state index is 10.9. The number of rotatable bonds is 5. The van der Waals surface area contributed by atoms with Crippen molar-refractivity contribution >= 4 is 17.3 Å². The second-order valence-corrected chi connectivity index (χ2v) is 4.75. The maximum Gasteiger partial charge on any atom is 0.329 e. The molecule has 1 aromatic rings. The van der Waals surface area contributed by atoms with Crippen LogP contribution in [0.1, 0.15) is 12.8 Å². The van der Waals surface area contributed by atoms with Crippen LogP contribution >= 0.6 is 11.6 Å². The van der Waals surface area contributed by atoms with Crippen molar-refractivity contribution in [2.24, 2.45) is 5.92 Å². The highest BCUT2D eigenvalue weighted by Gasteiger charge is 2.20. The van der Waals surface area contributed by atoms with Gasteiger partial charge in [0.2, 0.25) is 0 Å². The van der Waals surface area contributed by atoms with Gasteiger partial charge in [-0.3, -0.25) is 10.1 Å². The number of nitro groups is 1. The molecule has 98 valence electrons. The number of hydrogen-bond acceptors (Lipinski definition) is 4. The topological polar surface area (TPSA) is 64.4 Å². The van der Waals surface area contributed by atoms with Crippen LogP contribution < -0.4 is 10.1 Å². The van der Waals surface area contributed by atoms with Crippen molar-refractivity contribution in [3.63, 3.8) is 0 Å². The van der Waals surface area contributed by atoms with Gasteiger partial charge in [0.1, 0.15) is 5.02 Å². The van der Waals surface area contributed by atoms with Gasteiger partial charge in [-0.25, -0.2) is 0 Å². The molecule has 6 heteroatoms. The summed E-state index contributed by atoms with van der Waals surface area (Å²) in [6.07, 6.45) is 2.04. The quantitative estimate of drug-likeness (QED) is 0.660. The third-order valence-electron chi connectivity index (χ3n) is 3.08. The summed E-state index contributed by atoms with van der Waals surface area (Å²) in [5, 5.41) is 14.3. The Morgan fingerprint density at radius 3 is 3.06 bits per heavy atom. The van der Waals surface area contributed by atoms with E-state index in [0.29, 0.717) is 12.5 Å². The fourth-order valence-corrected chi connectivity index (χ4v) is 2.32. The monoisotopic (exact) mass is 270 g/mol. The van der Waals surface area contributed by atoms with Gasteiger partial charge in [0, 0.05) is 0 Å². The average molecular weight is 271 g/mol. The van der Waals surface area contributed by atoms with E-state index in [-0.39, 0.29) is 16.5 Å². The van der Waals surface area contributed by atoms with Crippen molar-refractivity contribution in [3.05, 3.63) is 33.3 Å². The van der Waals surface area contributed by atoms with E-state index >= 15 is 0 Å². The Kier molecular flexibility index (Phi) is 4.38. The van der Waals surface area contributed by atoms with Gasteiger partial charge in [0.05, 0.1) is 11.5 Å². The Balaban J connectivity index is 1.96. The van der Waals surface area contributed by atoms with Crippen LogP contribution in [-0.2, 0) is 0 Å². The lowest BCUT2D eigenvalue weighted by atomic mass is 10.1. The summed E-state index contributed by atoms with van der Waals surface area (Å²) in [4.78, 5) is 10.4. The zero-order valence-corrected chi connectivity index (χ0v) is 10.7. The first-order valence-electron chi connectivity index (χ1n) is 5.95. The molecule has 1 heterocycles. The van der Waals surface area contributed by atoms with Crippen molar-refractivity contribution in [2.75, 3.05) is 19.7 Å². The first kappa shape index (κ1) is 13.1. The predicted molar refractivity (Wildman–Crippen MR) is 69.2 cm³/mol. The second kappa shape index (κ2) is 6.02. The predicted octanol–water partition coefficient (Wildman–Crippen LogP) is 2.63. The van der Waals surface area contributed by atoms with Gasteiger partial charge >= 0.3 is 5.69 Å². The molecule has 1 fully saturated rings. The molecule has 1 unspecified atom stereocenters. The van der Waals surface area contributed by atoms with E-state index in [1.165, 1.54) is 6.07 Å². The summed E-state index contributed by atoms with van der Waals surface area (Å²) in [7, 11) is 0. The van der Waals surface area contributed by atoms with Crippen molar-refractivity contribution in [1.82, 2.24) is 5.32 Å². The summed E-state index contributed by atoms with van der Waals surface area (Å²) in [6.45, 7) is 2.52. The van der Waals surface area contributed by atoms with Crippen molar-refractivity contribution < 1.29 is 9.66 Å². The number of benzene rings is 1. The first-order chi connectivity index (χ1) is 8.68. The number of nitrogens with one attached hydrogen (secondary N) is 1. The van der Waals surface area contributed by atoms with Gasteiger partial charge in [-0.05, 0) is 44.0 Å². The van der Waals surface area contributed by atoms with Crippen LogP contribution in [0, 0.1) is 16.0 Å². The van der Waals surface area contributed by atoms with Crippen molar-refractivity contribution in [3.8, 4) is 5.75 Å². The van der Waals surface area contributed by atoms with Crippen LogP contribution in [0.25, 0.3) is 0 Å². The fraction of sp³-hybridized carbons (Fsp3) is 0.500. The van der Waals surface area contributed by atoms with E-state index in [0.717, 1.165) is 25.9 Å². The van der Waals surface area contributed by atoms with Gasteiger partial charge in [-0.2, -0.15) is 0 Å². The van der Waals surface area contributed by atoms with Gasteiger partial charge < -0.3 is 10.1 Å². The highest BCUT2D eigenvalue weighted by Crippen LogP contribution is 2.34. The first-order valence-corrected chi connectivity index (χ1v) is 6.32. The number of ether oxygens (including phenoxy) is 1. The van der Waals surface area contributed by atoms with Gasteiger partial charge in [0.15, 0.2) is 5.75 Å². The summed E-state index contributed by atoms with van der Waals surface area (Å²) < 4.78 is 5.49. The number of halogens is 1. The minimum atomic E-state index is -0.505. The molecule has 1 aromatic carbocycles. The molecule has 0 aromatic heterocycles. The van der Waals surface area contributed by atoms with Crippen LogP contribution in [0.5, 0.6) is 5.75 Å². The molecule has 1 N–H and O–H groups in total. The van der Waals surface area contributed by atoms with Gasteiger partial charge in [-0.1, -0.05) is 17.7 Å². The zero-order chi connectivity index (χ0) is 13.0.